The van der Waals surface area contributed by atoms with Crippen LogP contribution in [-0.4, -0.2) is 35.7 Å². The third-order valence-electron chi connectivity index (χ3n) is 7.63. The van der Waals surface area contributed by atoms with E-state index in [0.717, 1.165) is 54.0 Å². The number of pyridine rings is 1. The van der Waals surface area contributed by atoms with E-state index < -0.39 is 11.8 Å². The van der Waals surface area contributed by atoms with Gasteiger partial charge in [0, 0.05) is 41.7 Å². The van der Waals surface area contributed by atoms with Crippen LogP contribution >= 0.6 is 0 Å². The number of hydrogen-bond donors (Lipinski definition) is 0. The lowest BCUT2D eigenvalue weighted by Gasteiger charge is -2.37. The Kier molecular flexibility index (Phi) is 6.80. The maximum Gasteiger partial charge on any atom is 0.315 e. The summed E-state index contributed by atoms with van der Waals surface area (Å²) in [4.78, 5) is 36.2. The Labute approximate surface area is 206 Å². The maximum absolute atomic E-state index is 13.7. The lowest BCUT2D eigenvalue weighted by molar-refractivity contribution is -0.153. The van der Waals surface area contributed by atoms with Gasteiger partial charge in [0.1, 0.15) is 17.8 Å². The predicted octanol–water partition coefficient (Wildman–Crippen LogP) is 5.54. The number of ketones is 1. The normalized spacial score (nSPS) is 25.0. The highest BCUT2D eigenvalue weighted by Crippen LogP contribution is 2.47. The van der Waals surface area contributed by atoms with Crippen molar-refractivity contribution < 1.29 is 19.1 Å². The van der Waals surface area contributed by atoms with E-state index in [4.69, 9.17) is 14.5 Å². The first-order valence-electron chi connectivity index (χ1n) is 12.6. The number of ether oxygens (including phenoxy) is 2. The number of Topliss-reactive ketones (excluding diaryl/α,β-unsaturated/α-hetero) is 1. The van der Waals surface area contributed by atoms with Crippen LogP contribution in [0, 0.1) is 5.92 Å². The number of hydrogen-bond acceptors (Lipinski definition) is 6. The van der Waals surface area contributed by atoms with Gasteiger partial charge in [-0.25, -0.2) is 0 Å². The number of carbonyl (C=O) groups is 2. The second-order valence-electron chi connectivity index (χ2n) is 9.85. The molecule has 0 N–H and O–H groups in total. The maximum atomic E-state index is 13.7. The van der Waals surface area contributed by atoms with Gasteiger partial charge in [0.2, 0.25) is 0 Å². The van der Waals surface area contributed by atoms with Gasteiger partial charge in [0.25, 0.3) is 0 Å². The molecule has 0 amide bonds. The molecule has 1 aliphatic heterocycles. The van der Waals surface area contributed by atoms with Crippen molar-refractivity contribution >= 4 is 17.5 Å². The van der Waals surface area contributed by atoms with Crippen LogP contribution in [0.5, 0.6) is 5.75 Å². The zero-order valence-corrected chi connectivity index (χ0v) is 20.4. The molecule has 0 bridgehead atoms. The summed E-state index contributed by atoms with van der Waals surface area (Å²) in [5.41, 5.74) is 4.18. The molecule has 182 valence electrons. The van der Waals surface area contributed by atoms with Crippen LogP contribution in [0.3, 0.4) is 0 Å². The SMILES string of the molecule is COc1ccc([C@@H]2CC(=O)C3=C(C2)N=C(C)C(C(=O)OC2CCCCC2)[C@H]3c2ccncc2)cc1. The largest absolute Gasteiger partial charge is 0.497 e. The minimum atomic E-state index is -0.598. The molecular formula is C29H32N2O4. The average molecular weight is 473 g/mol. The van der Waals surface area contributed by atoms with Crippen LogP contribution in [0.4, 0.5) is 0 Å². The number of rotatable bonds is 5. The van der Waals surface area contributed by atoms with Gasteiger partial charge in [-0.1, -0.05) is 18.6 Å². The average Bonchev–Trinajstić information content (AvgIpc) is 2.88. The zero-order chi connectivity index (χ0) is 24.4. The fraction of sp³-hybridized carbons (Fsp3) is 0.448. The van der Waals surface area contributed by atoms with Gasteiger partial charge in [0.05, 0.1) is 7.11 Å². The second kappa shape index (κ2) is 10.1. The highest BCUT2D eigenvalue weighted by molar-refractivity contribution is 6.09. The Balaban J connectivity index is 1.49. The number of methoxy groups -OCH3 is 1. The molecule has 0 radical (unpaired) electrons. The van der Waals surface area contributed by atoms with Crippen molar-refractivity contribution in [3.63, 3.8) is 0 Å². The molecule has 1 saturated carbocycles. The van der Waals surface area contributed by atoms with Gasteiger partial charge < -0.3 is 9.47 Å². The summed E-state index contributed by atoms with van der Waals surface area (Å²) in [6.45, 7) is 1.90. The van der Waals surface area contributed by atoms with Crippen molar-refractivity contribution in [2.75, 3.05) is 7.11 Å². The molecule has 1 unspecified atom stereocenters. The van der Waals surface area contributed by atoms with Crippen LogP contribution in [0.2, 0.25) is 0 Å². The molecule has 35 heavy (non-hydrogen) atoms. The molecule has 6 nitrogen and oxygen atoms in total. The molecule has 2 heterocycles. The van der Waals surface area contributed by atoms with Gasteiger partial charge in [-0.3, -0.25) is 19.6 Å². The van der Waals surface area contributed by atoms with E-state index in [1.807, 2.05) is 43.3 Å². The number of aliphatic imine (C=N–C) groups is 1. The van der Waals surface area contributed by atoms with E-state index in [0.29, 0.717) is 18.4 Å². The molecule has 2 aliphatic carbocycles. The zero-order valence-electron chi connectivity index (χ0n) is 20.4. The predicted molar refractivity (Wildman–Crippen MR) is 134 cm³/mol. The summed E-state index contributed by atoms with van der Waals surface area (Å²) < 4.78 is 11.3. The summed E-state index contributed by atoms with van der Waals surface area (Å²) in [5, 5.41) is 0. The molecule has 5 rings (SSSR count). The molecule has 0 spiro atoms. The van der Waals surface area contributed by atoms with Crippen LogP contribution in [0.25, 0.3) is 0 Å². The van der Waals surface area contributed by atoms with Gasteiger partial charge in [-0.2, -0.15) is 0 Å². The molecule has 3 atom stereocenters. The van der Waals surface area contributed by atoms with Crippen molar-refractivity contribution in [3.05, 3.63) is 71.2 Å². The Morgan fingerprint density at radius 3 is 2.34 bits per heavy atom. The lowest BCUT2D eigenvalue weighted by Crippen LogP contribution is -2.39. The number of benzene rings is 1. The Morgan fingerprint density at radius 2 is 1.66 bits per heavy atom. The summed E-state index contributed by atoms with van der Waals surface area (Å²) in [6.07, 6.45) is 9.63. The number of nitrogens with zero attached hydrogens (tertiary/aromatic N) is 2. The number of carbonyl (C=O) groups excluding carboxylic acids is 2. The molecule has 2 aromatic rings. The Morgan fingerprint density at radius 1 is 0.943 bits per heavy atom. The quantitative estimate of drug-likeness (QED) is 0.534. The van der Waals surface area contributed by atoms with Crippen LogP contribution in [0.1, 0.15) is 74.8 Å². The molecule has 1 aromatic carbocycles. The summed E-state index contributed by atoms with van der Waals surface area (Å²) in [5.74, 6) is -0.366. The molecule has 6 heteroatoms. The molecular weight excluding hydrogens is 440 g/mol. The van der Waals surface area contributed by atoms with Crippen LogP contribution in [-0.2, 0) is 14.3 Å². The van der Waals surface area contributed by atoms with E-state index in [-0.39, 0.29) is 23.8 Å². The molecule has 1 fully saturated rings. The van der Waals surface area contributed by atoms with E-state index in [1.54, 1.807) is 19.5 Å². The minimum absolute atomic E-state index is 0.0426. The van der Waals surface area contributed by atoms with Crippen molar-refractivity contribution in [1.82, 2.24) is 4.98 Å². The third-order valence-corrected chi connectivity index (χ3v) is 7.63. The standard InChI is InChI=1S/C29H32N2O4/c1-18-26(29(33)35-23-6-4-3-5-7-23)27(20-12-14-30-15-13-20)28-24(31-18)16-21(17-25(28)32)19-8-10-22(34-2)11-9-19/h8-15,21,23,26-27H,3-7,16-17H2,1-2H3/t21-,26?,27+/m0/s1. The van der Waals surface area contributed by atoms with Crippen LogP contribution in [0.15, 0.2) is 65.1 Å². The summed E-state index contributed by atoms with van der Waals surface area (Å²) in [6, 6.07) is 11.7. The number of allylic oxidation sites excluding steroid dienone is 2. The van der Waals surface area contributed by atoms with Crippen molar-refractivity contribution in [2.45, 2.75) is 69.8 Å². The van der Waals surface area contributed by atoms with Gasteiger partial charge in [-0.15, -0.1) is 0 Å². The van der Waals surface area contributed by atoms with Crippen molar-refractivity contribution in [2.24, 2.45) is 10.9 Å². The van der Waals surface area contributed by atoms with Crippen molar-refractivity contribution in [1.29, 1.82) is 0 Å². The summed E-state index contributed by atoms with van der Waals surface area (Å²) in [7, 11) is 1.64. The molecule has 1 aromatic heterocycles. The first-order valence-corrected chi connectivity index (χ1v) is 12.6. The van der Waals surface area contributed by atoms with Gasteiger partial charge in [-0.05, 0) is 80.3 Å². The minimum Gasteiger partial charge on any atom is -0.497 e. The first kappa shape index (κ1) is 23.5. The topological polar surface area (TPSA) is 77.8 Å². The second-order valence-corrected chi connectivity index (χ2v) is 9.85. The Bertz CT molecular complexity index is 1150. The van der Waals surface area contributed by atoms with E-state index in [1.165, 1.54) is 6.42 Å². The molecule has 0 saturated heterocycles. The van der Waals surface area contributed by atoms with Gasteiger partial charge >= 0.3 is 5.97 Å². The third kappa shape index (κ3) is 4.79. The first-order chi connectivity index (χ1) is 17.0. The van der Waals surface area contributed by atoms with Gasteiger partial charge in [0.15, 0.2) is 5.78 Å². The fourth-order valence-corrected chi connectivity index (χ4v) is 5.83. The summed E-state index contributed by atoms with van der Waals surface area (Å²) >= 11 is 0. The highest BCUT2D eigenvalue weighted by atomic mass is 16.5. The van der Waals surface area contributed by atoms with E-state index in [2.05, 4.69) is 4.98 Å². The monoisotopic (exact) mass is 472 g/mol. The smallest absolute Gasteiger partial charge is 0.315 e. The lowest BCUT2D eigenvalue weighted by atomic mass is 9.69. The van der Waals surface area contributed by atoms with Crippen molar-refractivity contribution in [3.8, 4) is 5.75 Å². The van der Waals surface area contributed by atoms with E-state index in [9.17, 15) is 9.59 Å². The fourth-order valence-electron chi connectivity index (χ4n) is 5.83. The van der Waals surface area contributed by atoms with Crippen LogP contribution < -0.4 is 4.74 Å². The molecule has 3 aliphatic rings. The highest BCUT2D eigenvalue weighted by Gasteiger charge is 2.45. The number of esters is 1. The number of aromatic nitrogens is 1. The Hall–Kier alpha value is -3.28. The van der Waals surface area contributed by atoms with E-state index >= 15 is 0 Å².